The van der Waals surface area contributed by atoms with Crippen molar-refractivity contribution in [1.29, 1.82) is 0 Å². The van der Waals surface area contributed by atoms with Crippen LogP contribution in [0.4, 0.5) is 11.4 Å². The number of hydrogen-bond donors (Lipinski definition) is 1. The topological polar surface area (TPSA) is 12.0 Å². The SMILES string of the molecule is Cc1cccc(C)c1Nc1ccccc1-c1ccccc1. The van der Waals surface area contributed by atoms with Crippen LogP contribution in [-0.2, 0) is 0 Å². The van der Waals surface area contributed by atoms with Crippen molar-refractivity contribution in [2.75, 3.05) is 5.32 Å². The van der Waals surface area contributed by atoms with Gasteiger partial charge < -0.3 is 5.32 Å². The molecule has 0 bridgehead atoms. The van der Waals surface area contributed by atoms with Crippen LogP contribution in [-0.4, -0.2) is 0 Å². The third-order valence-corrected chi connectivity index (χ3v) is 3.75. The van der Waals surface area contributed by atoms with Gasteiger partial charge in [0.05, 0.1) is 0 Å². The monoisotopic (exact) mass is 273 g/mol. The first-order chi connectivity index (χ1) is 10.3. The second-order valence-electron chi connectivity index (χ2n) is 5.30. The molecule has 1 N–H and O–H groups in total. The molecule has 3 rings (SSSR count). The van der Waals surface area contributed by atoms with Gasteiger partial charge in [0.2, 0.25) is 0 Å². The summed E-state index contributed by atoms with van der Waals surface area (Å²) in [5, 5.41) is 3.61. The maximum Gasteiger partial charge on any atom is 0.0464 e. The molecule has 0 saturated heterocycles. The summed E-state index contributed by atoms with van der Waals surface area (Å²) in [6.45, 7) is 4.28. The average Bonchev–Trinajstić information content (AvgIpc) is 2.52. The van der Waals surface area contributed by atoms with Gasteiger partial charge in [-0.05, 0) is 36.6 Å². The van der Waals surface area contributed by atoms with Crippen molar-refractivity contribution >= 4 is 11.4 Å². The first-order valence-electron chi connectivity index (χ1n) is 7.23. The Bertz CT molecular complexity index is 725. The molecule has 0 radical (unpaired) electrons. The molecule has 3 aromatic carbocycles. The van der Waals surface area contributed by atoms with Crippen molar-refractivity contribution in [2.24, 2.45) is 0 Å². The van der Waals surface area contributed by atoms with Gasteiger partial charge in [0.25, 0.3) is 0 Å². The summed E-state index contributed by atoms with van der Waals surface area (Å²) in [4.78, 5) is 0. The van der Waals surface area contributed by atoms with E-state index in [4.69, 9.17) is 0 Å². The van der Waals surface area contributed by atoms with Gasteiger partial charge in [-0.2, -0.15) is 0 Å². The molecule has 0 spiro atoms. The minimum absolute atomic E-state index is 1.14. The lowest BCUT2D eigenvalue weighted by molar-refractivity contribution is 1.36. The van der Waals surface area contributed by atoms with E-state index in [1.54, 1.807) is 0 Å². The summed E-state index contributed by atoms with van der Waals surface area (Å²) in [6.07, 6.45) is 0. The molecule has 0 amide bonds. The molecular weight excluding hydrogens is 254 g/mol. The average molecular weight is 273 g/mol. The molecule has 0 aliphatic heterocycles. The highest BCUT2D eigenvalue weighted by molar-refractivity contribution is 5.82. The van der Waals surface area contributed by atoms with Crippen LogP contribution >= 0.6 is 0 Å². The Kier molecular flexibility index (Phi) is 3.74. The minimum atomic E-state index is 1.14. The van der Waals surface area contributed by atoms with Gasteiger partial charge >= 0.3 is 0 Å². The second kappa shape index (κ2) is 5.84. The van der Waals surface area contributed by atoms with Crippen LogP contribution in [0.5, 0.6) is 0 Å². The number of benzene rings is 3. The number of para-hydroxylation sites is 2. The molecule has 1 nitrogen and oxygen atoms in total. The predicted octanol–water partition coefficient (Wildman–Crippen LogP) is 5.71. The molecule has 0 aromatic heterocycles. The van der Waals surface area contributed by atoms with Crippen LogP contribution in [0.15, 0.2) is 72.8 Å². The molecule has 0 aliphatic carbocycles. The van der Waals surface area contributed by atoms with E-state index in [1.807, 2.05) is 6.07 Å². The van der Waals surface area contributed by atoms with E-state index in [2.05, 4.69) is 85.9 Å². The van der Waals surface area contributed by atoms with Gasteiger partial charge in [0.1, 0.15) is 0 Å². The highest BCUT2D eigenvalue weighted by Crippen LogP contribution is 2.32. The quantitative estimate of drug-likeness (QED) is 0.644. The predicted molar refractivity (Wildman–Crippen MR) is 91.1 cm³/mol. The highest BCUT2D eigenvalue weighted by atomic mass is 14.9. The lowest BCUT2D eigenvalue weighted by Gasteiger charge is -2.16. The summed E-state index contributed by atoms with van der Waals surface area (Å²) in [6, 6.07) is 25.3. The second-order valence-corrected chi connectivity index (χ2v) is 5.30. The van der Waals surface area contributed by atoms with Crippen molar-refractivity contribution in [3.05, 3.63) is 83.9 Å². The fourth-order valence-electron chi connectivity index (χ4n) is 2.61. The van der Waals surface area contributed by atoms with E-state index in [-0.39, 0.29) is 0 Å². The lowest BCUT2D eigenvalue weighted by Crippen LogP contribution is -1.97. The Morgan fingerprint density at radius 1 is 0.619 bits per heavy atom. The van der Waals surface area contributed by atoms with E-state index in [0.717, 1.165) is 5.69 Å². The van der Waals surface area contributed by atoms with Gasteiger partial charge in [-0.15, -0.1) is 0 Å². The summed E-state index contributed by atoms with van der Waals surface area (Å²) in [5.74, 6) is 0. The standard InChI is InChI=1S/C20H19N/c1-15-9-8-10-16(2)20(15)21-19-14-7-6-13-18(19)17-11-4-3-5-12-17/h3-14,21H,1-2H3. The number of hydrogen-bond acceptors (Lipinski definition) is 1. The van der Waals surface area contributed by atoms with Gasteiger partial charge in [0, 0.05) is 16.9 Å². The van der Waals surface area contributed by atoms with Gasteiger partial charge in [-0.3, -0.25) is 0 Å². The van der Waals surface area contributed by atoms with E-state index in [9.17, 15) is 0 Å². The number of aryl methyl sites for hydroxylation is 2. The van der Waals surface area contributed by atoms with E-state index in [1.165, 1.54) is 27.9 Å². The Morgan fingerprint density at radius 2 is 1.24 bits per heavy atom. The van der Waals surface area contributed by atoms with Crippen molar-refractivity contribution in [1.82, 2.24) is 0 Å². The Morgan fingerprint density at radius 3 is 1.95 bits per heavy atom. The third kappa shape index (κ3) is 2.82. The van der Waals surface area contributed by atoms with Crippen LogP contribution in [0.2, 0.25) is 0 Å². The molecule has 1 heteroatoms. The number of rotatable bonds is 3. The first-order valence-corrected chi connectivity index (χ1v) is 7.23. The molecule has 21 heavy (non-hydrogen) atoms. The van der Waals surface area contributed by atoms with Crippen molar-refractivity contribution in [3.63, 3.8) is 0 Å². The summed E-state index contributed by atoms with van der Waals surface area (Å²) >= 11 is 0. The zero-order chi connectivity index (χ0) is 14.7. The largest absolute Gasteiger partial charge is 0.355 e. The molecule has 104 valence electrons. The first kappa shape index (κ1) is 13.4. The highest BCUT2D eigenvalue weighted by Gasteiger charge is 2.07. The lowest BCUT2D eigenvalue weighted by atomic mass is 10.0. The summed E-state index contributed by atoms with van der Waals surface area (Å²) < 4.78 is 0. The summed E-state index contributed by atoms with van der Waals surface area (Å²) in [7, 11) is 0. The van der Waals surface area contributed by atoms with Crippen molar-refractivity contribution < 1.29 is 0 Å². The van der Waals surface area contributed by atoms with E-state index >= 15 is 0 Å². The minimum Gasteiger partial charge on any atom is -0.355 e. The number of anilines is 2. The Hall–Kier alpha value is -2.54. The van der Waals surface area contributed by atoms with Crippen LogP contribution in [0.25, 0.3) is 11.1 Å². The van der Waals surface area contributed by atoms with Crippen LogP contribution in [0.3, 0.4) is 0 Å². The number of nitrogens with one attached hydrogen (secondary N) is 1. The van der Waals surface area contributed by atoms with Gasteiger partial charge in [-0.1, -0.05) is 66.7 Å². The molecule has 3 aromatic rings. The zero-order valence-electron chi connectivity index (χ0n) is 12.4. The molecule has 0 unspecified atom stereocenters. The fraction of sp³-hybridized carbons (Fsp3) is 0.100. The normalized spacial score (nSPS) is 10.4. The van der Waals surface area contributed by atoms with E-state index in [0.29, 0.717) is 0 Å². The molecule has 0 fully saturated rings. The van der Waals surface area contributed by atoms with Gasteiger partial charge in [-0.25, -0.2) is 0 Å². The molecule has 0 aliphatic rings. The van der Waals surface area contributed by atoms with Crippen LogP contribution in [0, 0.1) is 13.8 Å². The third-order valence-electron chi connectivity index (χ3n) is 3.75. The van der Waals surface area contributed by atoms with Crippen molar-refractivity contribution in [3.8, 4) is 11.1 Å². The fourth-order valence-corrected chi connectivity index (χ4v) is 2.61. The maximum atomic E-state index is 3.61. The van der Waals surface area contributed by atoms with Crippen molar-refractivity contribution in [2.45, 2.75) is 13.8 Å². The van der Waals surface area contributed by atoms with Crippen LogP contribution < -0.4 is 5.32 Å². The smallest absolute Gasteiger partial charge is 0.0464 e. The van der Waals surface area contributed by atoms with E-state index < -0.39 is 0 Å². The zero-order valence-corrected chi connectivity index (χ0v) is 12.4. The van der Waals surface area contributed by atoms with Gasteiger partial charge in [0.15, 0.2) is 0 Å². The Labute approximate surface area is 126 Å². The van der Waals surface area contributed by atoms with Crippen LogP contribution in [0.1, 0.15) is 11.1 Å². The molecule has 0 heterocycles. The summed E-state index contributed by atoms with van der Waals surface area (Å²) in [5.41, 5.74) is 7.31. The molecule has 0 atom stereocenters. The Balaban J connectivity index is 2.05. The maximum absolute atomic E-state index is 3.61. The molecular formula is C20H19N. The molecule has 0 saturated carbocycles.